The van der Waals surface area contributed by atoms with Crippen molar-refractivity contribution in [3.8, 4) is 5.75 Å². The van der Waals surface area contributed by atoms with Crippen LogP contribution < -0.4 is 5.73 Å². The molecule has 100 valence electrons. The summed E-state index contributed by atoms with van der Waals surface area (Å²) in [6, 6.07) is 4.26. The topological polar surface area (TPSA) is 49.5 Å². The molecule has 3 N–H and O–H groups in total. The fourth-order valence-electron chi connectivity index (χ4n) is 2.75. The number of nitrogens with two attached hydrogens (primary N) is 1. The summed E-state index contributed by atoms with van der Waals surface area (Å²) in [4.78, 5) is 2.32. The van der Waals surface area contributed by atoms with E-state index in [1.165, 1.54) is 18.9 Å². The van der Waals surface area contributed by atoms with Crippen LogP contribution in [0.25, 0.3) is 0 Å². The van der Waals surface area contributed by atoms with Crippen LogP contribution in [0.2, 0.25) is 0 Å². The number of nitrogens with zero attached hydrogens (tertiary/aromatic N) is 1. The van der Waals surface area contributed by atoms with Gasteiger partial charge in [0.1, 0.15) is 11.6 Å². The largest absolute Gasteiger partial charge is 0.508 e. The molecule has 1 saturated heterocycles. The first kappa shape index (κ1) is 13.3. The number of phenols is 1. The summed E-state index contributed by atoms with van der Waals surface area (Å²) in [6.07, 6.45) is 3.47. The van der Waals surface area contributed by atoms with Gasteiger partial charge in [-0.15, -0.1) is 0 Å². The summed E-state index contributed by atoms with van der Waals surface area (Å²) in [5.74, 6) is 0.284. The number of halogens is 1. The Labute approximate surface area is 107 Å². The highest BCUT2D eigenvalue weighted by molar-refractivity contribution is 5.28. The highest BCUT2D eigenvalue weighted by atomic mass is 19.1. The normalized spacial score (nSPS) is 21.1. The van der Waals surface area contributed by atoms with Crippen LogP contribution in [-0.4, -0.2) is 29.6 Å². The molecule has 0 bridgehead atoms. The smallest absolute Gasteiger partial charge is 0.127 e. The van der Waals surface area contributed by atoms with Crippen LogP contribution in [0.15, 0.2) is 18.2 Å². The number of rotatable bonds is 4. The Balaban J connectivity index is 1.95. The molecule has 1 aliphatic rings. The molecule has 1 atom stereocenters. The number of aromatic hydroxyl groups is 1. The Hall–Kier alpha value is -1.13. The fraction of sp³-hybridized carbons (Fsp3) is 0.571. The van der Waals surface area contributed by atoms with Crippen LogP contribution in [0.3, 0.4) is 0 Å². The van der Waals surface area contributed by atoms with Crippen molar-refractivity contribution in [2.45, 2.75) is 25.8 Å². The Morgan fingerprint density at radius 2 is 2.22 bits per heavy atom. The predicted molar refractivity (Wildman–Crippen MR) is 69.7 cm³/mol. The second-order valence-electron chi connectivity index (χ2n) is 5.14. The van der Waals surface area contributed by atoms with Crippen molar-refractivity contribution in [2.75, 3.05) is 19.6 Å². The minimum absolute atomic E-state index is 0.000479. The Morgan fingerprint density at radius 1 is 1.39 bits per heavy atom. The average molecular weight is 252 g/mol. The molecule has 2 rings (SSSR count). The molecule has 0 spiro atoms. The Morgan fingerprint density at radius 3 is 2.94 bits per heavy atom. The van der Waals surface area contributed by atoms with Crippen LogP contribution in [0, 0.1) is 11.7 Å². The number of phenolic OH excluding ortho intramolecular Hbond substituents is 1. The molecule has 0 aromatic heterocycles. The molecular formula is C14H21FN2O. The predicted octanol–water partition coefficient (Wildman–Crippen LogP) is 2.09. The van der Waals surface area contributed by atoms with E-state index in [0.717, 1.165) is 37.7 Å². The van der Waals surface area contributed by atoms with Gasteiger partial charge in [-0.2, -0.15) is 0 Å². The first-order valence-corrected chi connectivity index (χ1v) is 6.58. The second kappa shape index (κ2) is 6.16. The SMILES string of the molecule is NCCC1CCCN(Cc2cc(O)cc(F)c2)C1. The highest BCUT2D eigenvalue weighted by Gasteiger charge is 2.19. The van der Waals surface area contributed by atoms with Crippen molar-refractivity contribution in [3.05, 3.63) is 29.6 Å². The second-order valence-corrected chi connectivity index (χ2v) is 5.14. The van der Waals surface area contributed by atoms with Gasteiger partial charge in [0.05, 0.1) is 0 Å². The van der Waals surface area contributed by atoms with E-state index in [4.69, 9.17) is 5.73 Å². The van der Waals surface area contributed by atoms with Crippen LogP contribution in [0.4, 0.5) is 4.39 Å². The lowest BCUT2D eigenvalue weighted by molar-refractivity contribution is 0.163. The summed E-state index contributed by atoms with van der Waals surface area (Å²) < 4.78 is 13.2. The van der Waals surface area contributed by atoms with E-state index in [0.29, 0.717) is 12.5 Å². The maximum atomic E-state index is 13.2. The van der Waals surface area contributed by atoms with Crippen LogP contribution in [-0.2, 0) is 6.54 Å². The molecule has 1 aliphatic heterocycles. The van der Waals surface area contributed by atoms with E-state index in [9.17, 15) is 9.50 Å². The van der Waals surface area contributed by atoms with Crippen molar-refractivity contribution >= 4 is 0 Å². The van der Waals surface area contributed by atoms with E-state index < -0.39 is 0 Å². The molecular weight excluding hydrogens is 231 g/mol. The van der Waals surface area contributed by atoms with Gasteiger partial charge >= 0.3 is 0 Å². The van der Waals surface area contributed by atoms with Gasteiger partial charge in [-0.05, 0) is 56.0 Å². The molecule has 1 aromatic rings. The third-order valence-corrected chi connectivity index (χ3v) is 3.53. The molecule has 1 aromatic carbocycles. The molecule has 4 heteroatoms. The summed E-state index contributed by atoms with van der Waals surface area (Å²) in [5.41, 5.74) is 6.43. The molecule has 0 saturated carbocycles. The van der Waals surface area contributed by atoms with E-state index >= 15 is 0 Å². The summed E-state index contributed by atoms with van der Waals surface area (Å²) >= 11 is 0. The Kier molecular flexibility index (Phi) is 4.55. The first-order valence-electron chi connectivity index (χ1n) is 6.58. The standard InChI is InChI=1S/C14H21FN2O/c15-13-6-12(7-14(18)8-13)10-17-5-1-2-11(9-17)3-4-16/h6-8,11,18H,1-5,9-10,16H2. The van der Waals surface area contributed by atoms with Gasteiger partial charge in [-0.1, -0.05) is 0 Å². The summed E-state index contributed by atoms with van der Waals surface area (Å²) in [6.45, 7) is 3.50. The lowest BCUT2D eigenvalue weighted by Gasteiger charge is -2.32. The van der Waals surface area contributed by atoms with Crippen LogP contribution in [0.5, 0.6) is 5.75 Å². The zero-order chi connectivity index (χ0) is 13.0. The van der Waals surface area contributed by atoms with E-state index in [2.05, 4.69) is 4.90 Å². The van der Waals surface area contributed by atoms with E-state index in [-0.39, 0.29) is 11.6 Å². The van der Waals surface area contributed by atoms with E-state index in [1.807, 2.05) is 0 Å². The third-order valence-electron chi connectivity index (χ3n) is 3.53. The lowest BCUT2D eigenvalue weighted by atomic mass is 9.94. The highest BCUT2D eigenvalue weighted by Crippen LogP contribution is 2.22. The van der Waals surface area contributed by atoms with Gasteiger partial charge in [-0.3, -0.25) is 4.90 Å². The van der Waals surface area contributed by atoms with Gasteiger partial charge in [0, 0.05) is 19.2 Å². The fourth-order valence-corrected chi connectivity index (χ4v) is 2.75. The van der Waals surface area contributed by atoms with E-state index in [1.54, 1.807) is 6.07 Å². The molecule has 0 amide bonds. The molecule has 0 radical (unpaired) electrons. The van der Waals surface area contributed by atoms with Gasteiger partial charge in [0.2, 0.25) is 0 Å². The van der Waals surface area contributed by atoms with Crippen molar-refractivity contribution in [1.29, 1.82) is 0 Å². The Bertz CT molecular complexity index is 375. The molecule has 0 aliphatic carbocycles. The van der Waals surface area contributed by atoms with Gasteiger partial charge in [-0.25, -0.2) is 4.39 Å². The van der Waals surface area contributed by atoms with Crippen molar-refractivity contribution in [3.63, 3.8) is 0 Å². The number of hydrogen-bond acceptors (Lipinski definition) is 3. The van der Waals surface area contributed by atoms with Crippen LogP contribution >= 0.6 is 0 Å². The average Bonchev–Trinajstić information content (AvgIpc) is 2.28. The maximum Gasteiger partial charge on any atom is 0.127 e. The minimum atomic E-state index is -0.375. The number of piperidine rings is 1. The number of benzene rings is 1. The van der Waals surface area contributed by atoms with Crippen molar-refractivity contribution < 1.29 is 9.50 Å². The molecule has 1 unspecified atom stereocenters. The van der Waals surface area contributed by atoms with Gasteiger partial charge < -0.3 is 10.8 Å². The van der Waals surface area contributed by atoms with Crippen LogP contribution in [0.1, 0.15) is 24.8 Å². The zero-order valence-corrected chi connectivity index (χ0v) is 10.6. The lowest BCUT2D eigenvalue weighted by Crippen LogP contribution is -2.35. The molecule has 18 heavy (non-hydrogen) atoms. The quantitative estimate of drug-likeness (QED) is 0.862. The molecule has 1 fully saturated rings. The monoisotopic (exact) mass is 252 g/mol. The van der Waals surface area contributed by atoms with Crippen molar-refractivity contribution in [1.82, 2.24) is 4.90 Å². The van der Waals surface area contributed by atoms with Crippen molar-refractivity contribution in [2.24, 2.45) is 11.7 Å². The number of hydrogen-bond donors (Lipinski definition) is 2. The number of likely N-dealkylation sites (tertiary alicyclic amines) is 1. The minimum Gasteiger partial charge on any atom is -0.508 e. The third kappa shape index (κ3) is 3.68. The van der Waals surface area contributed by atoms with Gasteiger partial charge in [0.25, 0.3) is 0 Å². The zero-order valence-electron chi connectivity index (χ0n) is 10.6. The molecule has 1 heterocycles. The van der Waals surface area contributed by atoms with Gasteiger partial charge in [0.15, 0.2) is 0 Å². The summed E-state index contributed by atoms with van der Waals surface area (Å²) in [7, 11) is 0. The molecule has 3 nitrogen and oxygen atoms in total. The maximum absolute atomic E-state index is 13.2. The first-order chi connectivity index (χ1) is 8.67. The summed E-state index contributed by atoms with van der Waals surface area (Å²) in [5, 5.41) is 9.38.